The van der Waals surface area contributed by atoms with Gasteiger partial charge in [-0.2, -0.15) is 0 Å². The molecule has 0 bridgehead atoms. The molecule has 2 rings (SSSR count). The Hall–Kier alpha value is -1.80. The van der Waals surface area contributed by atoms with E-state index in [1.54, 1.807) is 0 Å². The minimum Gasteiger partial charge on any atom is -0.492 e. The summed E-state index contributed by atoms with van der Waals surface area (Å²) in [5.74, 6) is 0.894. The molecule has 0 aromatic heterocycles. The third-order valence-electron chi connectivity index (χ3n) is 3.73. The number of hydrogen-bond donors (Lipinski definition) is 1. The zero-order valence-electron chi connectivity index (χ0n) is 13.7. The molecule has 0 fully saturated rings. The van der Waals surface area contributed by atoms with E-state index >= 15 is 0 Å². The van der Waals surface area contributed by atoms with Crippen LogP contribution in [-0.2, 0) is 0 Å². The van der Waals surface area contributed by atoms with Crippen molar-refractivity contribution < 1.29 is 4.74 Å². The lowest BCUT2D eigenvalue weighted by molar-refractivity contribution is 0.289. The first-order chi connectivity index (χ1) is 9.86. The maximum Gasteiger partial charge on any atom is 0.119 e. The minimum atomic E-state index is -0.105. The van der Waals surface area contributed by atoms with Crippen molar-refractivity contribution in [1.82, 2.24) is 0 Å². The van der Waals surface area contributed by atoms with Gasteiger partial charge in [-0.3, -0.25) is 0 Å². The Kier molecular flexibility index (Phi) is 4.69. The van der Waals surface area contributed by atoms with E-state index in [-0.39, 0.29) is 6.04 Å². The Morgan fingerprint density at radius 2 is 1.29 bits per heavy atom. The van der Waals surface area contributed by atoms with Crippen molar-refractivity contribution in [3.63, 3.8) is 0 Å². The highest BCUT2D eigenvalue weighted by Gasteiger charge is 2.13. The van der Waals surface area contributed by atoms with E-state index in [9.17, 15) is 0 Å². The summed E-state index contributed by atoms with van der Waals surface area (Å²) in [5.41, 5.74) is 13.7. The standard InChI is InChI=1S/C19H25NO/c1-12-6-13(2)10-17(9-12)21-11-18(20)19-15(4)7-14(3)8-16(19)5/h6-10,18H,11,20H2,1-5H3. The third kappa shape index (κ3) is 3.85. The van der Waals surface area contributed by atoms with Crippen LogP contribution < -0.4 is 10.5 Å². The second-order valence-corrected chi connectivity index (χ2v) is 6.05. The lowest BCUT2D eigenvalue weighted by Gasteiger charge is -2.19. The van der Waals surface area contributed by atoms with Crippen molar-refractivity contribution in [2.45, 2.75) is 40.7 Å². The molecule has 2 N–H and O–H groups in total. The summed E-state index contributed by atoms with van der Waals surface area (Å²) in [6, 6.07) is 10.5. The van der Waals surface area contributed by atoms with Gasteiger partial charge in [0.2, 0.25) is 0 Å². The number of nitrogens with two attached hydrogens (primary N) is 1. The average molecular weight is 283 g/mol. The van der Waals surface area contributed by atoms with Crippen LogP contribution in [0.2, 0.25) is 0 Å². The highest BCUT2D eigenvalue weighted by atomic mass is 16.5. The molecule has 1 unspecified atom stereocenters. The molecule has 0 heterocycles. The van der Waals surface area contributed by atoms with Crippen molar-refractivity contribution in [3.8, 4) is 5.75 Å². The zero-order chi connectivity index (χ0) is 15.6. The van der Waals surface area contributed by atoms with Crippen molar-refractivity contribution in [2.24, 2.45) is 5.73 Å². The van der Waals surface area contributed by atoms with Gasteiger partial charge in [-0.1, -0.05) is 23.8 Å². The van der Waals surface area contributed by atoms with Crippen molar-refractivity contribution in [2.75, 3.05) is 6.61 Å². The van der Waals surface area contributed by atoms with E-state index < -0.39 is 0 Å². The quantitative estimate of drug-likeness (QED) is 0.907. The first kappa shape index (κ1) is 15.6. The molecule has 112 valence electrons. The third-order valence-corrected chi connectivity index (χ3v) is 3.73. The smallest absolute Gasteiger partial charge is 0.119 e. The van der Waals surface area contributed by atoms with Crippen LogP contribution in [0.3, 0.4) is 0 Å². The molecular formula is C19H25NO. The summed E-state index contributed by atoms with van der Waals surface area (Å²) < 4.78 is 5.90. The maximum atomic E-state index is 6.35. The van der Waals surface area contributed by atoms with Gasteiger partial charge < -0.3 is 10.5 Å². The zero-order valence-corrected chi connectivity index (χ0v) is 13.7. The Balaban J connectivity index is 2.13. The molecule has 1 atom stereocenters. The molecule has 0 saturated heterocycles. The monoisotopic (exact) mass is 283 g/mol. The number of aryl methyl sites for hydroxylation is 5. The molecule has 0 aliphatic heterocycles. The van der Waals surface area contributed by atoms with Gasteiger partial charge >= 0.3 is 0 Å². The van der Waals surface area contributed by atoms with Gasteiger partial charge in [-0.05, 0) is 74.6 Å². The Labute approximate surface area is 127 Å². The molecule has 0 saturated carbocycles. The molecule has 0 spiro atoms. The van der Waals surface area contributed by atoms with Gasteiger partial charge in [0.15, 0.2) is 0 Å². The highest BCUT2D eigenvalue weighted by molar-refractivity contribution is 5.40. The van der Waals surface area contributed by atoms with Gasteiger partial charge in [0.1, 0.15) is 12.4 Å². The van der Waals surface area contributed by atoms with Crippen LogP contribution in [0, 0.1) is 34.6 Å². The molecule has 2 nitrogen and oxygen atoms in total. The van der Waals surface area contributed by atoms with Crippen LogP contribution in [0.5, 0.6) is 5.75 Å². The van der Waals surface area contributed by atoms with Crippen LogP contribution in [0.25, 0.3) is 0 Å². The summed E-state index contributed by atoms with van der Waals surface area (Å²) in [6.07, 6.45) is 0. The van der Waals surface area contributed by atoms with Crippen molar-refractivity contribution in [1.29, 1.82) is 0 Å². The predicted molar refractivity (Wildman–Crippen MR) is 89.0 cm³/mol. The molecule has 2 aromatic rings. The molecule has 21 heavy (non-hydrogen) atoms. The Bertz CT molecular complexity index is 603. The molecule has 0 amide bonds. The number of rotatable bonds is 4. The highest BCUT2D eigenvalue weighted by Crippen LogP contribution is 2.24. The topological polar surface area (TPSA) is 35.2 Å². The average Bonchev–Trinajstić information content (AvgIpc) is 2.34. The normalized spacial score (nSPS) is 12.3. The second-order valence-electron chi connectivity index (χ2n) is 6.05. The van der Waals surface area contributed by atoms with Gasteiger partial charge in [-0.15, -0.1) is 0 Å². The van der Waals surface area contributed by atoms with Crippen molar-refractivity contribution in [3.05, 3.63) is 63.7 Å². The lowest BCUT2D eigenvalue weighted by atomic mass is 9.95. The summed E-state index contributed by atoms with van der Waals surface area (Å²) in [6.45, 7) is 11.0. The second kappa shape index (κ2) is 6.31. The van der Waals surface area contributed by atoms with Crippen LogP contribution in [0.4, 0.5) is 0 Å². The predicted octanol–water partition coefficient (Wildman–Crippen LogP) is 4.31. The molecule has 0 radical (unpaired) electrons. The van der Waals surface area contributed by atoms with Gasteiger partial charge in [0, 0.05) is 0 Å². The maximum absolute atomic E-state index is 6.35. The molecular weight excluding hydrogens is 258 g/mol. The molecule has 2 heteroatoms. The summed E-state index contributed by atoms with van der Waals surface area (Å²) in [4.78, 5) is 0. The fourth-order valence-electron chi connectivity index (χ4n) is 3.06. The van der Waals surface area contributed by atoms with E-state index in [2.05, 4.69) is 65.0 Å². The van der Waals surface area contributed by atoms with Gasteiger partial charge in [0.05, 0.1) is 6.04 Å². The summed E-state index contributed by atoms with van der Waals surface area (Å²) >= 11 is 0. The van der Waals surface area contributed by atoms with Crippen LogP contribution >= 0.6 is 0 Å². The Morgan fingerprint density at radius 3 is 1.81 bits per heavy atom. The molecule has 0 aliphatic carbocycles. The largest absolute Gasteiger partial charge is 0.492 e. The van der Waals surface area contributed by atoms with Crippen molar-refractivity contribution >= 4 is 0 Å². The molecule has 2 aromatic carbocycles. The number of hydrogen-bond acceptors (Lipinski definition) is 2. The van der Waals surface area contributed by atoms with E-state index in [0.29, 0.717) is 6.61 Å². The number of ether oxygens (including phenoxy) is 1. The first-order valence-corrected chi connectivity index (χ1v) is 7.41. The van der Waals surface area contributed by atoms with Crippen LogP contribution in [-0.4, -0.2) is 6.61 Å². The van der Waals surface area contributed by atoms with Crippen LogP contribution in [0.1, 0.15) is 39.4 Å². The fraction of sp³-hybridized carbons (Fsp3) is 0.368. The van der Waals surface area contributed by atoms with E-state index in [1.807, 2.05) is 0 Å². The van der Waals surface area contributed by atoms with E-state index in [4.69, 9.17) is 10.5 Å². The van der Waals surface area contributed by atoms with Crippen LogP contribution in [0.15, 0.2) is 30.3 Å². The first-order valence-electron chi connectivity index (χ1n) is 7.41. The summed E-state index contributed by atoms with van der Waals surface area (Å²) in [7, 11) is 0. The molecule has 0 aliphatic rings. The fourth-order valence-corrected chi connectivity index (χ4v) is 3.06. The van der Waals surface area contributed by atoms with Gasteiger partial charge in [0.25, 0.3) is 0 Å². The van der Waals surface area contributed by atoms with E-state index in [0.717, 1.165) is 5.75 Å². The van der Waals surface area contributed by atoms with Gasteiger partial charge in [-0.25, -0.2) is 0 Å². The SMILES string of the molecule is Cc1cc(C)cc(OCC(N)c2c(C)cc(C)cc2C)c1. The minimum absolute atomic E-state index is 0.105. The van der Waals surface area contributed by atoms with E-state index in [1.165, 1.54) is 33.4 Å². The summed E-state index contributed by atoms with van der Waals surface area (Å²) in [5, 5.41) is 0. The lowest BCUT2D eigenvalue weighted by Crippen LogP contribution is -2.21. The number of benzene rings is 2. The Morgan fingerprint density at radius 1 is 0.810 bits per heavy atom.